The van der Waals surface area contributed by atoms with Crippen LogP contribution < -0.4 is 0 Å². The van der Waals surface area contributed by atoms with E-state index in [4.69, 9.17) is 0 Å². The summed E-state index contributed by atoms with van der Waals surface area (Å²) >= 11 is 0. The minimum absolute atomic E-state index is 0.0665. The number of carbonyl (C=O) groups is 1. The molecule has 6 nitrogen and oxygen atoms in total. The van der Waals surface area contributed by atoms with Crippen molar-refractivity contribution in [3.63, 3.8) is 0 Å². The Kier molecular flexibility index (Phi) is 3.96. The number of H-pyrrole nitrogens is 1. The molecule has 1 saturated heterocycles. The quantitative estimate of drug-likeness (QED) is 0.857. The Morgan fingerprint density at radius 3 is 2.56 bits per heavy atom. The van der Waals surface area contributed by atoms with E-state index in [1.54, 1.807) is 6.92 Å². The Morgan fingerprint density at radius 2 is 2.06 bits per heavy atom. The van der Waals surface area contributed by atoms with Crippen LogP contribution in [0.1, 0.15) is 36.7 Å². The number of carbonyl (C=O) groups excluding carboxylic acids is 1. The Labute approximate surface area is 107 Å². The molecule has 2 rings (SSSR count). The van der Waals surface area contributed by atoms with Crippen molar-refractivity contribution in [2.75, 3.05) is 26.2 Å². The first kappa shape index (κ1) is 13.0. The molecule has 18 heavy (non-hydrogen) atoms. The summed E-state index contributed by atoms with van der Waals surface area (Å²) in [7, 11) is 0. The molecule has 1 aromatic heterocycles. The van der Waals surface area contributed by atoms with Crippen molar-refractivity contribution in [1.29, 1.82) is 0 Å². The highest BCUT2D eigenvalue weighted by Crippen LogP contribution is 2.10. The lowest BCUT2D eigenvalue weighted by Gasteiger charge is -2.37. The number of amides is 1. The average Bonchev–Trinajstić information content (AvgIpc) is 2.84. The largest absolute Gasteiger partial charge is 0.333 e. The maximum absolute atomic E-state index is 12.1. The number of aromatic amines is 1. The molecule has 1 aliphatic rings. The summed E-state index contributed by atoms with van der Waals surface area (Å²) in [6, 6.07) is 0.591. The predicted octanol–water partition coefficient (Wildman–Crippen LogP) is 0.669. The van der Waals surface area contributed by atoms with E-state index in [1.807, 2.05) is 4.90 Å². The van der Waals surface area contributed by atoms with Crippen molar-refractivity contribution < 1.29 is 4.79 Å². The van der Waals surface area contributed by atoms with Gasteiger partial charge in [0, 0.05) is 32.2 Å². The fraction of sp³-hybridized carbons (Fsp3) is 0.750. The van der Waals surface area contributed by atoms with Gasteiger partial charge in [0.05, 0.1) is 0 Å². The summed E-state index contributed by atoms with van der Waals surface area (Å²) in [5.41, 5.74) is 0. The first-order chi connectivity index (χ1) is 8.61. The van der Waals surface area contributed by atoms with Gasteiger partial charge in [-0.25, -0.2) is 4.98 Å². The zero-order valence-corrected chi connectivity index (χ0v) is 11.3. The van der Waals surface area contributed by atoms with Crippen LogP contribution in [0.2, 0.25) is 0 Å². The van der Waals surface area contributed by atoms with Gasteiger partial charge in [0.1, 0.15) is 5.82 Å². The summed E-state index contributed by atoms with van der Waals surface area (Å²) in [5.74, 6) is 0.893. The van der Waals surface area contributed by atoms with Crippen molar-refractivity contribution in [3.05, 3.63) is 11.6 Å². The van der Waals surface area contributed by atoms with Crippen molar-refractivity contribution in [1.82, 2.24) is 25.0 Å². The maximum Gasteiger partial charge on any atom is 0.293 e. The van der Waals surface area contributed by atoms with Gasteiger partial charge in [0.15, 0.2) is 0 Å². The van der Waals surface area contributed by atoms with Crippen LogP contribution in [-0.2, 0) is 0 Å². The lowest BCUT2D eigenvalue weighted by molar-refractivity contribution is 0.0569. The average molecular weight is 251 g/mol. The lowest BCUT2D eigenvalue weighted by atomic mass is 10.2. The molecule has 100 valence electrons. The van der Waals surface area contributed by atoms with Gasteiger partial charge >= 0.3 is 0 Å². The fourth-order valence-electron chi connectivity index (χ4n) is 2.20. The molecule has 1 aromatic rings. The Hall–Kier alpha value is -1.43. The summed E-state index contributed by atoms with van der Waals surface area (Å²) in [5, 5.41) is 6.63. The second-order valence-corrected chi connectivity index (χ2v) is 4.83. The summed E-state index contributed by atoms with van der Waals surface area (Å²) < 4.78 is 0. The molecular formula is C12H21N5O. The van der Waals surface area contributed by atoms with Gasteiger partial charge in [-0.15, -0.1) is 5.10 Å². The second kappa shape index (κ2) is 5.48. The molecule has 0 saturated carbocycles. The molecule has 2 heterocycles. The van der Waals surface area contributed by atoms with E-state index in [-0.39, 0.29) is 11.7 Å². The molecule has 1 amide bonds. The summed E-state index contributed by atoms with van der Waals surface area (Å²) in [6.45, 7) is 9.61. The highest BCUT2D eigenvalue weighted by molar-refractivity contribution is 5.90. The first-order valence-corrected chi connectivity index (χ1v) is 6.54. The van der Waals surface area contributed by atoms with Crippen LogP contribution in [0, 0.1) is 6.92 Å². The molecule has 1 aliphatic heterocycles. The van der Waals surface area contributed by atoms with Crippen molar-refractivity contribution >= 4 is 5.91 Å². The molecule has 0 aliphatic carbocycles. The SMILES string of the molecule is CCC(C)N1CCN(C(=O)c2n[nH]c(C)n2)CC1. The molecule has 6 heteroatoms. The second-order valence-electron chi connectivity index (χ2n) is 4.83. The molecule has 0 radical (unpaired) electrons. The molecule has 1 fully saturated rings. The van der Waals surface area contributed by atoms with Crippen molar-refractivity contribution in [2.45, 2.75) is 33.2 Å². The van der Waals surface area contributed by atoms with Crippen LogP contribution in [-0.4, -0.2) is 63.1 Å². The molecule has 0 bridgehead atoms. The Bertz CT molecular complexity index is 408. The predicted molar refractivity (Wildman–Crippen MR) is 68.3 cm³/mol. The van der Waals surface area contributed by atoms with Crippen LogP contribution in [0.5, 0.6) is 0 Å². The van der Waals surface area contributed by atoms with Crippen LogP contribution in [0.3, 0.4) is 0 Å². The smallest absolute Gasteiger partial charge is 0.293 e. The van der Waals surface area contributed by atoms with E-state index in [1.165, 1.54) is 0 Å². The van der Waals surface area contributed by atoms with E-state index in [2.05, 4.69) is 33.9 Å². The Morgan fingerprint density at radius 1 is 1.39 bits per heavy atom. The van der Waals surface area contributed by atoms with E-state index >= 15 is 0 Å². The number of hydrogen-bond donors (Lipinski definition) is 1. The highest BCUT2D eigenvalue weighted by Gasteiger charge is 2.25. The van der Waals surface area contributed by atoms with Gasteiger partial charge in [0.25, 0.3) is 5.91 Å². The molecule has 1 atom stereocenters. The zero-order chi connectivity index (χ0) is 13.1. The topological polar surface area (TPSA) is 65.1 Å². The standard InChI is InChI=1S/C12H21N5O/c1-4-9(2)16-5-7-17(8-6-16)12(18)11-13-10(3)14-15-11/h9H,4-8H2,1-3H3,(H,13,14,15). The first-order valence-electron chi connectivity index (χ1n) is 6.54. The van der Waals surface area contributed by atoms with E-state index in [0.29, 0.717) is 11.9 Å². The number of nitrogens with one attached hydrogen (secondary N) is 1. The summed E-state index contributed by atoms with van der Waals surface area (Å²) in [6.07, 6.45) is 1.15. The number of rotatable bonds is 3. The normalized spacial score (nSPS) is 18.9. The number of aryl methyl sites for hydroxylation is 1. The number of piperazine rings is 1. The van der Waals surface area contributed by atoms with Crippen molar-refractivity contribution in [3.8, 4) is 0 Å². The highest BCUT2D eigenvalue weighted by atomic mass is 16.2. The van der Waals surface area contributed by atoms with Gasteiger partial charge in [-0.1, -0.05) is 6.92 Å². The van der Waals surface area contributed by atoms with Gasteiger partial charge < -0.3 is 4.90 Å². The van der Waals surface area contributed by atoms with E-state index in [9.17, 15) is 4.79 Å². The van der Waals surface area contributed by atoms with Gasteiger partial charge in [-0.05, 0) is 20.3 Å². The third-order valence-electron chi connectivity index (χ3n) is 3.60. The van der Waals surface area contributed by atoms with Gasteiger partial charge in [0.2, 0.25) is 5.82 Å². The molecule has 0 spiro atoms. The molecular weight excluding hydrogens is 230 g/mol. The third kappa shape index (κ3) is 2.69. The maximum atomic E-state index is 12.1. The van der Waals surface area contributed by atoms with Gasteiger partial charge in [-0.3, -0.25) is 14.8 Å². The van der Waals surface area contributed by atoms with Crippen LogP contribution >= 0.6 is 0 Å². The zero-order valence-electron chi connectivity index (χ0n) is 11.3. The molecule has 1 unspecified atom stereocenters. The van der Waals surface area contributed by atoms with Crippen LogP contribution in [0.25, 0.3) is 0 Å². The molecule has 0 aromatic carbocycles. The number of hydrogen-bond acceptors (Lipinski definition) is 4. The van der Waals surface area contributed by atoms with Crippen LogP contribution in [0.15, 0.2) is 0 Å². The van der Waals surface area contributed by atoms with Crippen LogP contribution in [0.4, 0.5) is 0 Å². The fourth-order valence-corrected chi connectivity index (χ4v) is 2.20. The summed E-state index contributed by atoms with van der Waals surface area (Å²) in [4.78, 5) is 20.5. The minimum atomic E-state index is -0.0665. The minimum Gasteiger partial charge on any atom is -0.333 e. The van der Waals surface area contributed by atoms with Crippen molar-refractivity contribution in [2.24, 2.45) is 0 Å². The number of nitrogens with zero attached hydrogens (tertiary/aromatic N) is 4. The van der Waals surface area contributed by atoms with Gasteiger partial charge in [-0.2, -0.15) is 0 Å². The monoisotopic (exact) mass is 251 g/mol. The van der Waals surface area contributed by atoms with E-state index in [0.717, 1.165) is 32.6 Å². The van der Waals surface area contributed by atoms with E-state index < -0.39 is 0 Å². The third-order valence-corrected chi connectivity index (χ3v) is 3.60. The number of aromatic nitrogens is 3. The molecule has 1 N–H and O–H groups in total. The Balaban J connectivity index is 1.92. The lowest BCUT2D eigenvalue weighted by Crippen LogP contribution is -2.51.